The third-order valence-corrected chi connectivity index (χ3v) is 3.07. The summed E-state index contributed by atoms with van der Waals surface area (Å²) in [7, 11) is 0. The fourth-order valence-corrected chi connectivity index (χ4v) is 1.81. The predicted molar refractivity (Wildman–Crippen MR) is 77.5 cm³/mol. The van der Waals surface area contributed by atoms with Gasteiger partial charge in [0.05, 0.1) is 6.54 Å². The first kappa shape index (κ1) is 15.1. The van der Waals surface area contributed by atoms with Crippen molar-refractivity contribution in [1.82, 2.24) is 15.6 Å². The number of nitrogens with zero attached hydrogens (tertiary/aromatic N) is 1. The van der Waals surface area contributed by atoms with Crippen LogP contribution >= 0.6 is 0 Å². The summed E-state index contributed by atoms with van der Waals surface area (Å²) in [6.45, 7) is 3.85. The molecule has 1 unspecified atom stereocenters. The van der Waals surface area contributed by atoms with Crippen LogP contribution < -0.4 is 10.6 Å². The van der Waals surface area contributed by atoms with Gasteiger partial charge in [-0.2, -0.15) is 0 Å². The quantitative estimate of drug-likeness (QED) is 0.781. The van der Waals surface area contributed by atoms with E-state index in [1.807, 2.05) is 12.1 Å². The molecule has 2 rings (SSSR count). The first-order valence-corrected chi connectivity index (χ1v) is 6.67. The molecule has 2 aromatic heterocycles. The van der Waals surface area contributed by atoms with E-state index < -0.39 is 5.60 Å². The highest BCUT2D eigenvalue weighted by Crippen LogP contribution is 2.21. The fraction of sp³-hybridized carbons (Fsp3) is 0.333. The smallest absolute Gasteiger partial charge is 0.315 e. The molecule has 21 heavy (non-hydrogen) atoms. The summed E-state index contributed by atoms with van der Waals surface area (Å²) in [4.78, 5) is 15.6. The third-order valence-electron chi connectivity index (χ3n) is 3.07. The van der Waals surface area contributed by atoms with Crippen molar-refractivity contribution in [1.29, 1.82) is 0 Å². The molecule has 0 radical (unpaired) electrons. The molecule has 0 spiro atoms. The molecule has 0 aromatic carbocycles. The Labute approximate surface area is 123 Å². The van der Waals surface area contributed by atoms with Crippen LogP contribution in [0.15, 0.2) is 41.1 Å². The maximum absolute atomic E-state index is 11.7. The van der Waals surface area contributed by atoms with E-state index in [9.17, 15) is 9.90 Å². The van der Waals surface area contributed by atoms with Crippen LogP contribution in [0.1, 0.15) is 24.0 Å². The van der Waals surface area contributed by atoms with Crippen LogP contribution in [0.5, 0.6) is 0 Å². The van der Waals surface area contributed by atoms with Crippen molar-refractivity contribution in [2.75, 3.05) is 6.54 Å². The molecule has 6 heteroatoms. The molecule has 0 aliphatic carbocycles. The molecule has 0 saturated heterocycles. The molecule has 0 bridgehead atoms. The minimum atomic E-state index is -1.25. The Morgan fingerprint density at radius 3 is 2.62 bits per heavy atom. The molecule has 2 amide bonds. The molecule has 0 aliphatic heterocycles. The van der Waals surface area contributed by atoms with E-state index in [-0.39, 0.29) is 12.6 Å². The molecular formula is C15H19N3O3. The van der Waals surface area contributed by atoms with Gasteiger partial charge in [0.1, 0.15) is 17.1 Å². The van der Waals surface area contributed by atoms with E-state index in [1.54, 1.807) is 38.4 Å². The highest BCUT2D eigenvalue weighted by Gasteiger charge is 2.27. The van der Waals surface area contributed by atoms with Crippen molar-refractivity contribution < 1.29 is 14.3 Å². The number of amides is 2. The van der Waals surface area contributed by atoms with Gasteiger partial charge in [-0.05, 0) is 43.7 Å². The largest absolute Gasteiger partial charge is 0.463 e. The first-order chi connectivity index (χ1) is 9.97. The molecule has 2 heterocycles. The molecule has 3 N–H and O–H groups in total. The SMILES string of the molecule is Cc1ccc(C(C)(O)CNC(=O)NCc2ccncc2)o1. The monoisotopic (exact) mass is 289 g/mol. The van der Waals surface area contributed by atoms with Gasteiger partial charge in [0, 0.05) is 18.9 Å². The number of urea groups is 1. The number of carbonyl (C=O) groups excluding carboxylic acids is 1. The lowest BCUT2D eigenvalue weighted by Crippen LogP contribution is -2.43. The fourth-order valence-electron chi connectivity index (χ4n) is 1.81. The number of furan rings is 1. The summed E-state index contributed by atoms with van der Waals surface area (Å²) < 4.78 is 5.38. The Balaban J connectivity index is 1.81. The predicted octanol–water partition coefficient (Wildman–Crippen LogP) is 1.69. The minimum absolute atomic E-state index is 0.0577. The van der Waals surface area contributed by atoms with E-state index in [2.05, 4.69) is 15.6 Å². The summed E-state index contributed by atoms with van der Waals surface area (Å²) in [5.74, 6) is 1.14. The zero-order valence-corrected chi connectivity index (χ0v) is 12.1. The van der Waals surface area contributed by atoms with Crippen molar-refractivity contribution in [3.8, 4) is 0 Å². The number of rotatable bonds is 5. The van der Waals surface area contributed by atoms with E-state index in [0.717, 1.165) is 5.56 Å². The molecule has 1 atom stereocenters. The Morgan fingerprint density at radius 2 is 2.00 bits per heavy atom. The number of carbonyl (C=O) groups is 1. The zero-order valence-electron chi connectivity index (χ0n) is 12.1. The first-order valence-electron chi connectivity index (χ1n) is 6.67. The van der Waals surface area contributed by atoms with Gasteiger partial charge in [0.2, 0.25) is 0 Å². The number of hydrogen-bond acceptors (Lipinski definition) is 4. The summed E-state index contributed by atoms with van der Waals surface area (Å²) in [5.41, 5.74) is -0.295. The van der Waals surface area contributed by atoms with Gasteiger partial charge in [-0.3, -0.25) is 4.98 Å². The summed E-state index contributed by atoms with van der Waals surface area (Å²) in [6, 6.07) is 6.76. The van der Waals surface area contributed by atoms with Gasteiger partial charge in [-0.25, -0.2) is 4.79 Å². The average Bonchev–Trinajstić information content (AvgIpc) is 2.92. The van der Waals surface area contributed by atoms with Gasteiger partial charge in [-0.15, -0.1) is 0 Å². The van der Waals surface area contributed by atoms with Crippen LogP contribution in [0.25, 0.3) is 0 Å². The maximum atomic E-state index is 11.7. The van der Waals surface area contributed by atoms with Gasteiger partial charge >= 0.3 is 6.03 Å². The van der Waals surface area contributed by atoms with Gasteiger partial charge in [0.15, 0.2) is 0 Å². The Kier molecular flexibility index (Phi) is 4.59. The maximum Gasteiger partial charge on any atom is 0.315 e. The van der Waals surface area contributed by atoms with E-state index >= 15 is 0 Å². The van der Waals surface area contributed by atoms with Crippen LogP contribution in [0.4, 0.5) is 4.79 Å². The van der Waals surface area contributed by atoms with E-state index in [0.29, 0.717) is 18.1 Å². The van der Waals surface area contributed by atoms with Crippen LogP contribution in [0, 0.1) is 6.92 Å². The molecule has 0 fully saturated rings. The zero-order chi connectivity index (χ0) is 15.3. The second-order valence-corrected chi connectivity index (χ2v) is 5.08. The number of pyridine rings is 1. The minimum Gasteiger partial charge on any atom is -0.463 e. The molecule has 6 nitrogen and oxygen atoms in total. The Hall–Kier alpha value is -2.34. The lowest BCUT2D eigenvalue weighted by molar-refractivity contribution is 0.0360. The number of aliphatic hydroxyl groups is 1. The van der Waals surface area contributed by atoms with Gasteiger partial charge < -0.3 is 20.2 Å². The molecule has 112 valence electrons. The Bertz CT molecular complexity index is 593. The van der Waals surface area contributed by atoms with Crippen molar-refractivity contribution in [3.63, 3.8) is 0 Å². The van der Waals surface area contributed by atoms with Crippen molar-refractivity contribution in [3.05, 3.63) is 53.7 Å². The standard InChI is InChI=1S/C15H19N3O3/c1-11-3-4-13(21-11)15(2,20)10-18-14(19)17-9-12-5-7-16-8-6-12/h3-8,20H,9-10H2,1-2H3,(H2,17,18,19). The van der Waals surface area contributed by atoms with E-state index in [4.69, 9.17) is 4.42 Å². The van der Waals surface area contributed by atoms with Crippen LogP contribution in [0.2, 0.25) is 0 Å². The number of hydrogen-bond donors (Lipinski definition) is 3. The normalized spacial score (nSPS) is 13.5. The molecule has 0 aliphatic rings. The number of nitrogens with one attached hydrogen (secondary N) is 2. The van der Waals surface area contributed by atoms with Crippen LogP contribution in [-0.2, 0) is 12.1 Å². The van der Waals surface area contributed by atoms with Crippen LogP contribution in [0.3, 0.4) is 0 Å². The van der Waals surface area contributed by atoms with Crippen molar-refractivity contribution in [2.45, 2.75) is 26.0 Å². The van der Waals surface area contributed by atoms with Gasteiger partial charge in [0.25, 0.3) is 0 Å². The molecular weight excluding hydrogens is 270 g/mol. The number of aryl methyl sites for hydroxylation is 1. The van der Waals surface area contributed by atoms with Crippen LogP contribution in [-0.4, -0.2) is 22.7 Å². The second-order valence-electron chi connectivity index (χ2n) is 5.08. The molecule has 2 aromatic rings. The summed E-state index contributed by atoms with van der Waals surface area (Å²) in [5, 5.41) is 15.6. The lowest BCUT2D eigenvalue weighted by Gasteiger charge is -2.21. The second kappa shape index (κ2) is 6.41. The van der Waals surface area contributed by atoms with E-state index in [1.165, 1.54) is 0 Å². The lowest BCUT2D eigenvalue weighted by atomic mass is 10.0. The molecule has 0 saturated carbocycles. The topological polar surface area (TPSA) is 87.4 Å². The number of aromatic nitrogens is 1. The Morgan fingerprint density at radius 1 is 1.29 bits per heavy atom. The average molecular weight is 289 g/mol. The van der Waals surface area contributed by atoms with Crippen molar-refractivity contribution >= 4 is 6.03 Å². The highest BCUT2D eigenvalue weighted by atomic mass is 16.4. The highest BCUT2D eigenvalue weighted by molar-refractivity contribution is 5.73. The summed E-state index contributed by atoms with van der Waals surface area (Å²) >= 11 is 0. The van der Waals surface area contributed by atoms with Crippen molar-refractivity contribution in [2.24, 2.45) is 0 Å². The summed E-state index contributed by atoms with van der Waals surface area (Å²) in [6.07, 6.45) is 3.33. The third kappa shape index (κ3) is 4.32. The van der Waals surface area contributed by atoms with Gasteiger partial charge in [-0.1, -0.05) is 0 Å².